The zero-order valence-electron chi connectivity index (χ0n) is 67.0. The molecule has 1 saturated heterocycles. The van der Waals surface area contributed by atoms with E-state index in [4.69, 9.17) is 57.4 Å². The maximum absolute atomic E-state index is 16.7. The summed E-state index contributed by atoms with van der Waals surface area (Å²) in [6.07, 6.45) is -8.46. The highest BCUT2D eigenvalue weighted by Gasteiger charge is 2.51. The summed E-state index contributed by atoms with van der Waals surface area (Å²) < 4.78 is 37.8. The van der Waals surface area contributed by atoms with Gasteiger partial charge >= 0.3 is 6.03 Å². The number of carbonyl (C=O) groups excluding carboxylic acids is 9. The lowest BCUT2D eigenvalue weighted by Gasteiger charge is -2.54. The van der Waals surface area contributed by atoms with E-state index >= 15 is 28.8 Å². The van der Waals surface area contributed by atoms with Gasteiger partial charge in [0.1, 0.15) is 101 Å². The van der Waals surface area contributed by atoms with Crippen LogP contribution in [0.3, 0.4) is 0 Å². The molecule has 7 amide bonds. The van der Waals surface area contributed by atoms with Crippen molar-refractivity contribution in [2.45, 2.75) is 204 Å². The summed E-state index contributed by atoms with van der Waals surface area (Å²) >= 11 is 14.4. The second kappa shape index (κ2) is 37.9. The maximum Gasteiger partial charge on any atom is 0.325 e. The fraction of sp³-hybridized carbons (Fsp3) is 0.489. The van der Waals surface area contributed by atoms with Gasteiger partial charge in [-0.1, -0.05) is 88.9 Å². The molecule has 4 saturated carbocycles. The highest BCUT2D eigenvalue weighted by molar-refractivity contribution is 6.32. The molecule has 6 aromatic rings. The van der Waals surface area contributed by atoms with E-state index in [1.165, 1.54) is 54.6 Å². The summed E-state index contributed by atoms with van der Waals surface area (Å²) in [7, 11) is 0. The number of urea groups is 1. The number of nitrogens with one attached hydrogen (secondary N) is 6. The van der Waals surface area contributed by atoms with Gasteiger partial charge in [0.2, 0.25) is 41.6 Å². The first kappa shape index (κ1) is 87.7. The molecule has 16 N–H and O–H groups in total. The van der Waals surface area contributed by atoms with Crippen LogP contribution in [0.15, 0.2) is 97.1 Å². The van der Waals surface area contributed by atoms with E-state index in [1.54, 1.807) is 19.1 Å². The zero-order chi connectivity index (χ0) is 85.8. The summed E-state index contributed by atoms with van der Waals surface area (Å²) in [5.41, 5.74) is 4.54. The Morgan fingerprint density at radius 1 is 0.633 bits per heavy atom. The van der Waals surface area contributed by atoms with Crippen LogP contribution in [-0.4, -0.2) is 156 Å². The number of anilines is 1. The Morgan fingerprint density at radius 3 is 1.90 bits per heavy atom. The number of aromatic hydroxyl groups is 3. The molecular formula is C88H103Cl2N7O23. The first-order chi connectivity index (χ1) is 57.4. The van der Waals surface area contributed by atoms with Crippen molar-refractivity contribution in [2.75, 3.05) is 25.1 Å². The van der Waals surface area contributed by atoms with Gasteiger partial charge in [-0.05, 0) is 188 Å². The number of fused-ring (bicyclic) bond motifs is 15. The van der Waals surface area contributed by atoms with Gasteiger partial charge in [-0.3, -0.25) is 43.7 Å². The molecule has 0 spiro atoms. The number of rotatable bonds is 22. The molecule has 0 unspecified atom stereocenters. The van der Waals surface area contributed by atoms with E-state index in [0.717, 1.165) is 75.3 Å². The van der Waals surface area contributed by atoms with Gasteiger partial charge in [0.15, 0.2) is 28.8 Å². The smallest absolute Gasteiger partial charge is 0.325 e. The third-order valence-electron chi connectivity index (χ3n) is 24.2. The monoisotopic (exact) mass is 1700 g/mol. The van der Waals surface area contributed by atoms with Crippen molar-refractivity contribution in [1.82, 2.24) is 26.6 Å². The van der Waals surface area contributed by atoms with E-state index in [0.29, 0.717) is 43.5 Å². The van der Waals surface area contributed by atoms with Crippen molar-refractivity contribution in [2.24, 2.45) is 53.1 Å². The number of imide groups is 1. The van der Waals surface area contributed by atoms with E-state index in [9.17, 15) is 55.2 Å². The van der Waals surface area contributed by atoms with Gasteiger partial charge in [0, 0.05) is 61.4 Å². The van der Waals surface area contributed by atoms with E-state index in [2.05, 4.69) is 31.9 Å². The van der Waals surface area contributed by atoms with Crippen molar-refractivity contribution in [1.29, 1.82) is 0 Å². The number of unbranched alkanes of at least 4 members (excludes halogenated alkanes) is 2. The number of phenols is 3. The van der Waals surface area contributed by atoms with Crippen LogP contribution in [-0.2, 0) is 43.1 Å². The molecule has 4 aliphatic carbocycles. The average molecular weight is 1700 g/mol. The number of aliphatic hydroxyl groups excluding tert-OH is 5. The van der Waals surface area contributed by atoms with Crippen LogP contribution >= 0.6 is 23.2 Å². The van der Waals surface area contributed by atoms with Crippen LogP contribution in [0.25, 0.3) is 11.1 Å². The number of nitrogens with two attached hydrogens (primary N) is 1. The third-order valence-corrected chi connectivity index (χ3v) is 24.8. The summed E-state index contributed by atoms with van der Waals surface area (Å²) in [6.45, 7) is 9.57. The van der Waals surface area contributed by atoms with Crippen molar-refractivity contribution >= 4 is 81.8 Å². The number of halogens is 2. The molecular weight excluding hydrogens is 1590 g/mol. The van der Waals surface area contributed by atoms with E-state index < -0.39 is 198 Å². The Labute approximate surface area is 702 Å². The average Bonchev–Trinajstić information content (AvgIpc) is 0.755. The topological polar surface area (TPSA) is 469 Å². The molecule has 0 aromatic heterocycles. The summed E-state index contributed by atoms with van der Waals surface area (Å²) in [6, 6.07) is 10.8. The fourth-order valence-corrected chi connectivity index (χ4v) is 18.5. The number of phenolic OH excluding ortho intramolecular Hbond substituents is 3. The SMILES string of the molecule is CCCCOc1ccc(OCCCC)c(NC(=O)NC(=O)C[C@@H]2CC(=O)[C@H](NC(=O)[C@H](CC)CC(C)C)[C@H](O)c3ccc(c(Cl)c3)Oc3cc4cc(c3O[C@@H]3O[C@H](CN)[C@@H](O)[C@H](O)[C@H]3O)Oc3ccc(cc3Cl)[C@@H](O)[C@@H]3NC(=O)[C@H](CC(=O)[C@@H]4NC2=O)c2ccc(O)c(c2)-c2c(O)cc(O)cc2[C@@H](C(=O)CC2C4CC5CC(C4)CC2C5)NC3=O)c1. The summed E-state index contributed by atoms with van der Waals surface area (Å²) in [5.74, 6) is -15.4. The Balaban J connectivity index is 0.987. The minimum atomic E-state index is -2.23. The van der Waals surface area contributed by atoms with E-state index in [-0.39, 0.29) is 115 Å². The molecule has 30 nitrogen and oxygen atoms in total. The Hall–Kier alpha value is -10.2. The number of ether oxygens (including phenoxy) is 6. The highest BCUT2D eigenvalue weighted by Crippen LogP contribution is 2.58. The molecule has 120 heavy (non-hydrogen) atoms. The van der Waals surface area contributed by atoms with Crippen LogP contribution < -0.4 is 61.3 Å². The minimum Gasteiger partial charge on any atom is -0.508 e. The van der Waals surface area contributed by atoms with Gasteiger partial charge in [0.25, 0.3) is 0 Å². The number of Topliss-reactive ketones (excluding diaryl/α,β-unsaturated/α-hetero) is 3. The lowest BCUT2D eigenvalue weighted by molar-refractivity contribution is -0.270. The maximum atomic E-state index is 16.7. The number of amides is 7. The van der Waals surface area contributed by atoms with Crippen molar-refractivity contribution in [3.8, 4) is 68.6 Å². The minimum absolute atomic E-state index is 0.0440. The highest BCUT2D eigenvalue weighted by atomic mass is 35.5. The van der Waals surface area contributed by atoms with Gasteiger partial charge in [-0.25, -0.2) is 4.79 Å². The third kappa shape index (κ3) is 19.4. The Morgan fingerprint density at radius 2 is 1.27 bits per heavy atom. The van der Waals surface area contributed by atoms with Gasteiger partial charge in [0.05, 0.1) is 40.8 Å². The number of hydrogen-bond donors (Lipinski definition) is 15. The Kier molecular flexibility index (Phi) is 27.7. The normalized spacial score (nSPS) is 27.3. The number of hydrogen-bond acceptors (Lipinski definition) is 24. The standard InChI is InChI=1S/C88H103Cl2N7O23/c1-6-9-19-115-52-14-18-67(116-20-10-7-2)59(36-52)92-88(114)93-71(104)33-50-30-62(101)75(96-83(110)43(8-3)21-40(4)5)77(105)45-12-16-65(57(89)28-45)117-68-31-49-32-69(82(68)120-87-81(109)80(108)79(107)70(39-91)119-87)118-66-17-13-46(29-58(66)90)78(106)76-86(113)95-74(64(103)37-53-47-23-41-22-42(25-47)26-48(53)24-41)56-34-51(98)35-61(100)72(56)55-27-44(11-15-60(55)99)54(85(112)97-76)38-63(102)73(49)94-84(50)111/h11-18,27-29,31-32,34-36,40-43,47-48,50,53-54,70,73-81,87,98-100,105-109H,6-10,19-26,30,33,37-39,91H2,1-5H3,(H,94,111)(H,95,113)(H,96,110)(H,97,112)(H2,92,93,104,114)/t41?,42?,43-,47?,48?,50+,53?,54-,70-,73-,74+,75+,76+,77-,78-,79-,80+,81-,87+/m1/s1. The molecule has 32 heteroatoms. The summed E-state index contributed by atoms with van der Waals surface area (Å²) in [5, 5.41) is 110. The molecule has 10 aliphatic rings. The fourth-order valence-electron chi connectivity index (χ4n) is 18.1. The molecule has 5 fully saturated rings. The van der Waals surface area contributed by atoms with Crippen LogP contribution in [0.5, 0.6) is 57.5 Å². The molecule has 6 aromatic carbocycles. The zero-order valence-corrected chi connectivity index (χ0v) is 68.6. The number of carbonyl (C=O) groups is 9. The van der Waals surface area contributed by atoms with E-state index in [1.807, 2.05) is 27.7 Å². The molecule has 14 atom stereocenters. The van der Waals surface area contributed by atoms with Crippen molar-refractivity contribution in [3.05, 3.63) is 135 Å². The Bertz CT molecular complexity index is 4860. The molecule has 6 heterocycles. The molecule has 642 valence electrons. The van der Waals surface area contributed by atoms with Crippen molar-refractivity contribution < 1.29 is 112 Å². The van der Waals surface area contributed by atoms with Crippen LogP contribution in [0, 0.1) is 47.3 Å². The molecule has 6 aliphatic heterocycles. The van der Waals surface area contributed by atoms with Gasteiger partial charge in [-0.15, -0.1) is 0 Å². The predicted molar refractivity (Wildman–Crippen MR) is 436 cm³/mol. The first-order valence-electron chi connectivity index (χ1n) is 41.1. The van der Waals surface area contributed by atoms with Crippen LogP contribution in [0.1, 0.15) is 189 Å². The number of ketones is 3. The van der Waals surface area contributed by atoms with Crippen LogP contribution in [0.2, 0.25) is 10.0 Å². The number of aliphatic hydroxyl groups is 5. The molecule has 0 radical (unpaired) electrons. The largest absolute Gasteiger partial charge is 0.508 e. The molecule has 16 rings (SSSR count). The second-order valence-corrected chi connectivity index (χ2v) is 33.9. The van der Waals surface area contributed by atoms with Crippen molar-refractivity contribution in [3.63, 3.8) is 0 Å². The summed E-state index contributed by atoms with van der Waals surface area (Å²) in [4.78, 5) is 140. The van der Waals surface area contributed by atoms with Crippen LogP contribution in [0.4, 0.5) is 10.5 Å². The number of benzene rings is 6. The lowest BCUT2D eigenvalue weighted by atomic mass is 9.51. The lowest BCUT2D eigenvalue weighted by Crippen LogP contribution is -2.60. The first-order valence-corrected chi connectivity index (χ1v) is 41.9. The quantitative estimate of drug-likeness (QED) is 0.0281. The van der Waals surface area contributed by atoms with Gasteiger partial charge < -0.3 is 102 Å². The second-order valence-electron chi connectivity index (χ2n) is 33.1. The van der Waals surface area contributed by atoms with Gasteiger partial charge in [-0.2, -0.15) is 0 Å². The molecule has 15 bridgehead atoms. The predicted octanol–water partition coefficient (Wildman–Crippen LogP) is 10.4.